The lowest BCUT2D eigenvalue weighted by molar-refractivity contribution is 0.0692. The Balaban J connectivity index is 2.36. The Morgan fingerprint density at radius 1 is 1.30 bits per heavy atom. The first-order valence-corrected chi connectivity index (χ1v) is 6.28. The molecule has 1 aromatic carbocycles. The van der Waals surface area contributed by atoms with Crippen molar-refractivity contribution in [2.24, 2.45) is 0 Å². The molecule has 0 fully saturated rings. The summed E-state index contributed by atoms with van der Waals surface area (Å²) in [7, 11) is 0. The van der Waals surface area contributed by atoms with Gasteiger partial charge in [0.2, 0.25) is 0 Å². The number of anilines is 1. The Kier molecular flexibility index (Phi) is 4.01. The molecule has 1 heterocycles. The molecule has 7 heteroatoms. The van der Waals surface area contributed by atoms with Crippen molar-refractivity contribution in [3.63, 3.8) is 0 Å². The van der Waals surface area contributed by atoms with Gasteiger partial charge in [0, 0.05) is 28.2 Å². The van der Waals surface area contributed by atoms with Gasteiger partial charge in [-0.2, -0.15) is 0 Å². The van der Waals surface area contributed by atoms with Gasteiger partial charge in [0.15, 0.2) is 5.69 Å². The van der Waals surface area contributed by atoms with Crippen molar-refractivity contribution >= 4 is 34.9 Å². The number of aromatic hydroxyl groups is 1. The lowest BCUT2D eigenvalue weighted by Crippen LogP contribution is -2.06. The van der Waals surface area contributed by atoms with Crippen LogP contribution in [0.4, 0.5) is 5.69 Å². The highest BCUT2D eigenvalue weighted by atomic mass is 35.5. The number of halogens is 2. The highest BCUT2D eigenvalue weighted by molar-refractivity contribution is 6.35. The van der Waals surface area contributed by atoms with Gasteiger partial charge in [-0.1, -0.05) is 23.2 Å². The molecule has 104 valence electrons. The fourth-order valence-corrected chi connectivity index (χ4v) is 2.32. The monoisotopic (exact) mass is 312 g/mol. The number of phenols is 1. The first-order chi connectivity index (χ1) is 9.38. The molecule has 1 aromatic heterocycles. The predicted molar refractivity (Wildman–Crippen MR) is 76.5 cm³/mol. The standard InChI is InChI=1S/C13H10Cl2N2O3/c14-7-3-9(15)8(11(18)4-7)1-6-2-10(16)12(13(19)20)17-5-6/h2-5,18H,1,16H2,(H,19,20). The van der Waals surface area contributed by atoms with Crippen molar-refractivity contribution in [1.29, 1.82) is 0 Å². The van der Waals surface area contributed by atoms with E-state index in [9.17, 15) is 9.90 Å². The maximum absolute atomic E-state index is 10.8. The highest BCUT2D eigenvalue weighted by Gasteiger charge is 2.13. The van der Waals surface area contributed by atoms with Gasteiger partial charge in [0.25, 0.3) is 0 Å². The van der Waals surface area contributed by atoms with Crippen LogP contribution in [-0.4, -0.2) is 21.2 Å². The van der Waals surface area contributed by atoms with Gasteiger partial charge in [-0.3, -0.25) is 0 Å². The Labute approximate surface area is 124 Å². The number of nitrogen functional groups attached to an aromatic ring is 1. The van der Waals surface area contributed by atoms with Gasteiger partial charge in [-0.15, -0.1) is 0 Å². The number of rotatable bonds is 3. The minimum atomic E-state index is -1.19. The number of aromatic carboxylic acids is 1. The molecule has 0 aliphatic carbocycles. The van der Waals surface area contributed by atoms with E-state index in [0.717, 1.165) is 0 Å². The smallest absolute Gasteiger partial charge is 0.356 e. The van der Waals surface area contributed by atoms with Crippen molar-refractivity contribution in [2.45, 2.75) is 6.42 Å². The summed E-state index contributed by atoms with van der Waals surface area (Å²) in [5.41, 5.74) is 6.57. The van der Waals surface area contributed by atoms with Crippen LogP contribution in [0.1, 0.15) is 21.6 Å². The topological polar surface area (TPSA) is 96.4 Å². The third kappa shape index (κ3) is 2.95. The van der Waals surface area contributed by atoms with E-state index in [2.05, 4.69) is 4.98 Å². The molecule has 5 nitrogen and oxygen atoms in total. The third-order valence-corrected chi connectivity index (χ3v) is 3.25. The zero-order valence-corrected chi connectivity index (χ0v) is 11.6. The number of nitrogens with zero attached hydrogens (tertiary/aromatic N) is 1. The lowest BCUT2D eigenvalue weighted by atomic mass is 10.0. The molecule has 20 heavy (non-hydrogen) atoms. The number of carboxylic acid groups (broad SMARTS) is 1. The summed E-state index contributed by atoms with van der Waals surface area (Å²) in [6.07, 6.45) is 1.64. The van der Waals surface area contributed by atoms with Gasteiger partial charge >= 0.3 is 5.97 Å². The van der Waals surface area contributed by atoms with Crippen LogP contribution in [0.3, 0.4) is 0 Å². The first kappa shape index (κ1) is 14.4. The Morgan fingerprint density at radius 3 is 2.55 bits per heavy atom. The minimum Gasteiger partial charge on any atom is -0.508 e. The van der Waals surface area contributed by atoms with Crippen LogP contribution >= 0.6 is 23.2 Å². The number of carboxylic acids is 1. The molecule has 0 bridgehead atoms. The number of carbonyl (C=O) groups is 1. The number of aromatic nitrogens is 1. The van der Waals surface area contributed by atoms with E-state index in [1.54, 1.807) is 0 Å². The van der Waals surface area contributed by atoms with Crippen LogP contribution in [-0.2, 0) is 6.42 Å². The van der Waals surface area contributed by atoms with E-state index in [1.165, 1.54) is 24.4 Å². The average molecular weight is 313 g/mol. The Morgan fingerprint density at radius 2 is 2.00 bits per heavy atom. The quantitative estimate of drug-likeness (QED) is 0.809. The second-order valence-corrected chi connectivity index (χ2v) is 4.99. The van der Waals surface area contributed by atoms with Gasteiger partial charge in [-0.05, 0) is 23.8 Å². The van der Waals surface area contributed by atoms with Crippen LogP contribution in [0.5, 0.6) is 5.75 Å². The molecule has 0 amide bonds. The summed E-state index contributed by atoms with van der Waals surface area (Å²) in [5.74, 6) is -1.23. The van der Waals surface area contributed by atoms with Crippen molar-refractivity contribution < 1.29 is 15.0 Å². The molecule has 0 spiro atoms. The molecule has 0 unspecified atom stereocenters. The van der Waals surface area contributed by atoms with E-state index in [0.29, 0.717) is 21.2 Å². The fourth-order valence-electron chi connectivity index (χ4n) is 1.77. The number of pyridine rings is 1. The summed E-state index contributed by atoms with van der Waals surface area (Å²) in [6.45, 7) is 0. The fraction of sp³-hybridized carbons (Fsp3) is 0.0769. The molecule has 0 atom stereocenters. The number of nitrogens with two attached hydrogens (primary N) is 1. The summed E-state index contributed by atoms with van der Waals surface area (Å²) in [4.78, 5) is 14.6. The normalized spacial score (nSPS) is 10.5. The van der Waals surface area contributed by atoms with Crippen molar-refractivity contribution in [3.05, 3.63) is 51.3 Å². The molecule has 0 radical (unpaired) electrons. The van der Waals surface area contributed by atoms with E-state index in [-0.39, 0.29) is 23.6 Å². The summed E-state index contributed by atoms with van der Waals surface area (Å²) in [6, 6.07) is 4.38. The third-order valence-electron chi connectivity index (χ3n) is 2.69. The van der Waals surface area contributed by atoms with Crippen LogP contribution in [0.15, 0.2) is 24.4 Å². The number of phenolic OH excluding ortho intramolecular Hbond substituents is 1. The SMILES string of the molecule is Nc1cc(Cc2c(O)cc(Cl)cc2Cl)cnc1C(=O)O. The number of hydrogen-bond acceptors (Lipinski definition) is 4. The number of benzene rings is 1. The van der Waals surface area contributed by atoms with Crippen LogP contribution in [0, 0.1) is 0 Å². The van der Waals surface area contributed by atoms with Crippen LogP contribution in [0.25, 0.3) is 0 Å². The summed E-state index contributed by atoms with van der Waals surface area (Å²) >= 11 is 11.8. The second-order valence-electron chi connectivity index (χ2n) is 4.15. The Bertz CT molecular complexity index is 666. The molecule has 0 aliphatic heterocycles. The molecule has 0 saturated carbocycles. The van der Waals surface area contributed by atoms with Crippen LogP contribution < -0.4 is 5.73 Å². The predicted octanol–water partition coefficient (Wildman–Crippen LogP) is 2.97. The summed E-state index contributed by atoms with van der Waals surface area (Å²) < 4.78 is 0. The molecule has 2 aromatic rings. The Hall–Kier alpha value is -1.98. The highest BCUT2D eigenvalue weighted by Crippen LogP contribution is 2.32. The molecular weight excluding hydrogens is 303 g/mol. The van der Waals surface area contributed by atoms with E-state index >= 15 is 0 Å². The van der Waals surface area contributed by atoms with Gasteiger partial charge < -0.3 is 15.9 Å². The van der Waals surface area contributed by atoms with Crippen molar-refractivity contribution in [3.8, 4) is 5.75 Å². The van der Waals surface area contributed by atoms with Gasteiger partial charge in [0.05, 0.1) is 5.69 Å². The van der Waals surface area contributed by atoms with Crippen LogP contribution in [0.2, 0.25) is 10.0 Å². The first-order valence-electron chi connectivity index (χ1n) is 5.53. The molecule has 2 rings (SSSR count). The largest absolute Gasteiger partial charge is 0.508 e. The summed E-state index contributed by atoms with van der Waals surface area (Å²) in [5, 5.41) is 19.3. The minimum absolute atomic E-state index is 0.0385. The molecule has 0 saturated heterocycles. The molecular formula is C13H10Cl2N2O3. The van der Waals surface area contributed by atoms with E-state index in [1.807, 2.05) is 0 Å². The molecule has 4 N–H and O–H groups in total. The van der Waals surface area contributed by atoms with Crippen molar-refractivity contribution in [2.75, 3.05) is 5.73 Å². The number of hydrogen-bond donors (Lipinski definition) is 3. The second kappa shape index (κ2) is 5.56. The lowest BCUT2D eigenvalue weighted by Gasteiger charge is -2.09. The zero-order chi connectivity index (χ0) is 14.9. The van der Waals surface area contributed by atoms with E-state index < -0.39 is 5.97 Å². The maximum Gasteiger partial charge on any atom is 0.356 e. The van der Waals surface area contributed by atoms with Gasteiger partial charge in [-0.25, -0.2) is 9.78 Å². The van der Waals surface area contributed by atoms with E-state index in [4.69, 9.17) is 34.0 Å². The van der Waals surface area contributed by atoms with Gasteiger partial charge in [0.1, 0.15) is 5.75 Å². The molecule has 0 aliphatic rings. The van der Waals surface area contributed by atoms with Crippen molar-refractivity contribution in [1.82, 2.24) is 4.98 Å². The maximum atomic E-state index is 10.8. The zero-order valence-electron chi connectivity index (χ0n) is 10.1. The average Bonchev–Trinajstić information content (AvgIpc) is 2.33.